The Labute approximate surface area is 86.9 Å². The van der Waals surface area contributed by atoms with Crippen LogP contribution in [-0.2, 0) is 4.74 Å². The highest BCUT2D eigenvalue weighted by Crippen LogP contribution is 2.19. The average molecular weight is 205 g/mol. The molecule has 0 bridgehead atoms. The standard InChI is InChI=1S/C11H11NO3/c1-3-14-11(13)10-12-8-6-4-5-7(2)9(8)15-10/h4-6H,3H2,1-2H3. The second-order valence-electron chi connectivity index (χ2n) is 3.16. The molecule has 4 nitrogen and oxygen atoms in total. The monoisotopic (exact) mass is 205 g/mol. The Balaban J connectivity index is 2.47. The van der Waals surface area contributed by atoms with Crippen LogP contribution in [0.4, 0.5) is 0 Å². The van der Waals surface area contributed by atoms with Crippen LogP contribution in [0.3, 0.4) is 0 Å². The van der Waals surface area contributed by atoms with E-state index in [-0.39, 0.29) is 5.89 Å². The highest BCUT2D eigenvalue weighted by molar-refractivity contribution is 5.88. The van der Waals surface area contributed by atoms with Crippen LogP contribution in [0.1, 0.15) is 23.2 Å². The fourth-order valence-corrected chi connectivity index (χ4v) is 1.37. The van der Waals surface area contributed by atoms with Gasteiger partial charge < -0.3 is 9.15 Å². The zero-order chi connectivity index (χ0) is 10.8. The molecular formula is C11H11NO3. The zero-order valence-electron chi connectivity index (χ0n) is 8.61. The molecule has 1 aromatic carbocycles. The average Bonchev–Trinajstić information content (AvgIpc) is 2.63. The first-order chi connectivity index (χ1) is 7.22. The molecule has 0 aliphatic rings. The highest BCUT2D eigenvalue weighted by atomic mass is 16.5. The molecule has 1 heterocycles. The molecule has 0 unspecified atom stereocenters. The van der Waals surface area contributed by atoms with Gasteiger partial charge in [0, 0.05) is 0 Å². The van der Waals surface area contributed by atoms with Gasteiger partial charge in [-0.3, -0.25) is 0 Å². The van der Waals surface area contributed by atoms with Crippen LogP contribution in [0.25, 0.3) is 11.1 Å². The third kappa shape index (κ3) is 1.70. The summed E-state index contributed by atoms with van der Waals surface area (Å²) in [6.45, 7) is 3.96. The topological polar surface area (TPSA) is 52.3 Å². The van der Waals surface area contributed by atoms with Gasteiger partial charge in [0.25, 0.3) is 0 Å². The highest BCUT2D eigenvalue weighted by Gasteiger charge is 2.15. The number of para-hydroxylation sites is 1. The first kappa shape index (κ1) is 9.71. The number of oxazole rings is 1. The summed E-state index contributed by atoms with van der Waals surface area (Å²) in [6, 6.07) is 5.58. The number of aromatic nitrogens is 1. The normalized spacial score (nSPS) is 10.5. The molecule has 0 saturated carbocycles. The number of rotatable bonds is 2. The summed E-state index contributed by atoms with van der Waals surface area (Å²) >= 11 is 0. The van der Waals surface area contributed by atoms with Gasteiger partial charge >= 0.3 is 11.9 Å². The molecule has 0 N–H and O–H groups in total. The van der Waals surface area contributed by atoms with E-state index in [4.69, 9.17) is 9.15 Å². The fourth-order valence-electron chi connectivity index (χ4n) is 1.37. The maximum absolute atomic E-state index is 11.3. The molecule has 0 spiro atoms. The summed E-state index contributed by atoms with van der Waals surface area (Å²) in [7, 11) is 0. The molecule has 1 aromatic heterocycles. The minimum absolute atomic E-state index is 0.0150. The molecule has 0 amide bonds. The Hall–Kier alpha value is -1.84. The maximum Gasteiger partial charge on any atom is 0.394 e. The zero-order valence-corrected chi connectivity index (χ0v) is 8.61. The second-order valence-corrected chi connectivity index (χ2v) is 3.16. The van der Waals surface area contributed by atoms with Crippen molar-refractivity contribution in [1.29, 1.82) is 0 Å². The first-order valence-electron chi connectivity index (χ1n) is 4.75. The van der Waals surface area contributed by atoms with E-state index in [2.05, 4.69) is 4.98 Å². The summed E-state index contributed by atoms with van der Waals surface area (Å²) in [5.41, 5.74) is 2.27. The lowest BCUT2D eigenvalue weighted by atomic mass is 10.2. The van der Waals surface area contributed by atoms with Gasteiger partial charge in [0.2, 0.25) is 0 Å². The van der Waals surface area contributed by atoms with E-state index in [9.17, 15) is 4.79 Å². The summed E-state index contributed by atoms with van der Waals surface area (Å²) in [5.74, 6) is -0.505. The second kappa shape index (κ2) is 3.73. The molecule has 4 heteroatoms. The van der Waals surface area contributed by atoms with Crippen LogP contribution in [0, 0.1) is 6.92 Å². The maximum atomic E-state index is 11.3. The van der Waals surface area contributed by atoms with E-state index in [0.29, 0.717) is 17.7 Å². The Kier molecular flexibility index (Phi) is 2.41. The number of fused-ring (bicyclic) bond motifs is 1. The van der Waals surface area contributed by atoms with E-state index >= 15 is 0 Å². The number of benzene rings is 1. The third-order valence-corrected chi connectivity index (χ3v) is 2.06. The van der Waals surface area contributed by atoms with Crippen molar-refractivity contribution in [3.63, 3.8) is 0 Å². The van der Waals surface area contributed by atoms with Gasteiger partial charge in [-0.25, -0.2) is 9.78 Å². The number of esters is 1. The molecular weight excluding hydrogens is 194 g/mol. The third-order valence-electron chi connectivity index (χ3n) is 2.06. The Bertz CT molecular complexity index is 502. The Morgan fingerprint density at radius 3 is 3.00 bits per heavy atom. The van der Waals surface area contributed by atoms with E-state index in [1.807, 2.05) is 19.1 Å². The van der Waals surface area contributed by atoms with Gasteiger partial charge in [-0.15, -0.1) is 0 Å². The number of aryl methyl sites for hydroxylation is 1. The van der Waals surface area contributed by atoms with Crippen molar-refractivity contribution in [2.75, 3.05) is 6.61 Å². The number of carbonyl (C=O) groups excluding carboxylic acids is 1. The van der Waals surface area contributed by atoms with E-state index < -0.39 is 5.97 Å². The Morgan fingerprint density at radius 2 is 2.33 bits per heavy atom. The lowest BCUT2D eigenvalue weighted by Gasteiger charge is -1.94. The minimum Gasteiger partial charge on any atom is -0.459 e. The van der Waals surface area contributed by atoms with E-state index in [1.54, 1.807) is 13.0 Å². The molecule has 0 radical (unpaired) electrons. The van der Waals surface area contributed by atoms with Gasteiger partial charge in [-0.05, 0) is 25.5 Å². The van der Waals surface area contributed by atoms with E-state index in [0.717, 1.165) is 5.56 Å². The molecule has 0 atom stereocenters. The van der Waals surface area contributed by atoms with Gasteiger partial charge in [0.05, 0.1) is 6.61 Å². The summed E-state index contributed by atoms with van der Waals surface area (Å²) in [5, 5.41) is 0. The van der Waals surface area contributed by atoms with Crippen LogP contribution < -0.4 is 0 Å². The minimum atomic E-state index is -0.520. The SMILES string of the molecule is CCOC(=O)c1nc2cccc(C)c2o1. The van der Waals surface area contributed by atoms with Crippen LogP contribution in [0.15, 0.2) is 22.6 Å². The van der Waals surface area contributed by atoms with Gasteiger partial charge in [0.1, 0.15) is 5.52 Å². The molecule has 0 aliphatic heterocycles. The Morgan fingerprint density at radius 1 is 1.53 bits per heavy atom. The first-order valence-corrected chi connectivity index (χ1v) is 4.75. The van der Waals surface area contributed by atoms with Gasteiger partial charge in [0.15, 0.2) is 5.58 Å². The van der Waals surface area contributed by atoms with Crippen LogP contribution in [0.2, 0.25) is 0 Å². The van der Waals surface area contributed by atoms with Gasteiger partial charge in [-0.2, -0.15) is 0 Å². The van der Waals surface area contributed by atoms with Crippen molar-refractivity contribution in [2.24, 2.45) is 0 Å². The molecule has 15 heavy (non-hydrogen) atoms. The predicted molar refractivity (Wildman–Crippen MR) is 54.7 cm³/mol. The van der Waals surface area contributed by atoms with E-state index in [1.165, 1.54) is 0 Å². The van der Waals surface area contributed by atoms with Crippen LogP contribution in [-0.4, -0.2) is 17.6 Å². The molecule has 2 aromatic rings. The van der Waals surface area contributed by atoms with Crippen molar-refractivity contribution < 1.29 is 13.9 Å². The van der Waals surface area contributed by atoms with Crippen LogP contribution in [0.5, 0.6) is 0 Å². The molecule has 0 saturated heterocycles. The van der Waals surface area contributed by atoms with Crippen molar-refractivity contribution in [2.45, 2.75) is 13.8 Å². The molecule has 78 valence electrons. The number of nitrogens with zero attached hydrogens (tertiary/aromatic N) is 1. The van der Waals surface area contributed by atoms with Crippen molar-refractivity contribution >= 4 is 17.1 Å². The number of carbonyl (C=O) groups is 1. The van der Waals surface area contributed by atoms with Gasteiger partial charge in [-0.1, -0.05) is 12.1 Å². The quantitative estimate of drug-likeness (QED) is 0.706. The summed E-state index contributed by atoms with van der Waals surface area (Å²) in [6.07, 6.45) is 0. The number of hydrogen-bond acceptors (Lipinski definition) is 4. The lowest BCUT2D eigenvalue weighted by Crippen LogP contribution is -2.04. The number of hydrogen-bond donors (Lipinski definition) is 0. The lowest BCUT2D eigenvalue weighted by molar-refractivity contribution is 0.0483. The van der Waals surface area contributed by atoms with Crippen molar-refractivity contribution in [3.05, 3.63) is 29.7 Å². The summed E-state index contributed by atoms with van der Waals surface area (Å²) < 4.78 is 10.1. The fraction of sp³-hybridized carbons (Fsp3) is 0.273. The van der Waals surface area contributed by atoms with Crippen molar-refractivity contribution in [1.82, 2.24) is 4.98 Å². The molecule has 2 rings (SSSR count). The number of ether oxygens (including phenoxy) is 1. The molecule has 0 fully saturated rings. The molecule has 0 aliphatic carbocycles. The van der Waals surface area contributed by atoms with Crippen molar-refractivity contribution in [3.8, 4) is 0 Å². The predicted octanol–water partition coefficient (Wildman–Crippen LogP) is 2.31. The largest absolute Gasteiger partial charge is 0.459 e. The summed E-state index contributed by atoms with van der Waals surface area (Å²) in [4.78, 5) is 15.4. The smallest absolute Gasteiger partial charge is 0.394 e. The van der Waals surface area contributed by atoms with Crippen LogP contribution >= 0.6 is 0 Å².